The average molecular weight is 326 g/mol. The fraction of sp³-hybridized carbons (Fsp3) is 0.867. The Bertz CT molecular complexity index is 434. The third-order valence-corrected chi connectivity index (χ3v) is 6.30. The van der Waals surface area contributed by atoms with Gasteiger partial charge in [0.15, 0.2) is 0 Å². The van der Waals surface area contributed by atoms with E-state index in [1.165, 1.54) is 0 Å². The van der Waals surface area contributed by atoms with Crippen LogP contribution in [0, 0.1) is 0 Å². The molecule has 3 fully saturated rings. The Morgan fingerprint density at radius 3 is 3.05 bits per heavy atom. The van der Waals surface area contributed by atoms with Gasteiger partial charge in [-0.25, -0.2) is 4.79 Å². The lowest BCUT2D eigenvalue weighted by Gasteiger charge is -2.32. The van der Waals surface area contributed by atoms with Gasteiger partial charge in [-0.05, 0) is 19.8 Å². The summed E-state index contributed by atoms with van der Waals surface area (Å²) in [4.78, 5) is 25.5. The van der Waals surface area contributed by atoms with E-state index in [1.54, 1.807) is 0 Å². The highest BCUT2D eigenvalue weighted by Crippen LogP contribution is 2.33. The largest absolute Gasteiger partial charge is 0.340 e. The van der Waals surface area contributed by atoms with Gasteiger partial charge in [0.1, 0.15) is 0 Å². The van der Waals surface area contributed by atoms with E-state index in [2.05, 4.69) is 22.9 Å². The highest BCUT2D eigenvalue weighted by molar-refractivity contribution is 8.00. The fourth-order valence-electron chi connectivity index (χ4n) is 3.58. The van der Waals surface area contributed by atoms with Gasteiger partial charge in [0, 0.05) is 43.1 Å². The predicted molar refractivity (Wildman–Crippen MR) is 88.0 cm³/mol. The summed E-state index contributed by atoms with van der Waals surface area (Å²) in [5.41, 5.74) is 0. The summed E-state index contributed by atoms with van der Waals surface area (Å²) < 4.78 is 0. The number of amides is 3. The van der Waals surface area contributed by atoms with E-state index in [0.29, 0.717) is 29.7 Å². The molecule has 3 rings (SSSR count). The Morgan fingerprint density at radius 1 is 1.36 bits per heavy atom. The first-order valence-electron chi connectivity index (χ1n) is 8.33. The van der Waals surface area contributed by atoms with Crippen LogP contribution in [0.1, 0.15) is 32.6 Å². The summed E-state index contributed by atoms with van der Waals surface area (Å²) in [7, 11) is 0. The van der Waals surface area contributed by atoms with Gasteiger partial charge in [0.05, 0.1) is 12.1 Å². The zero-order valence-corrected chi connectivity index (χ0v) is 14.0. The molecule has 7 heteroatoms. The first-order chi connectivity index (χ1) is 10.6. The van der Waals surface area contributed by atoms with Crippen LogP contribution in [0.2, 0.25) is 0 Å². The molecule has 124 valence electrons. The molecule has 0 aromatic rings. The van der Waals surface area contributed by atoms with E-state index in [9.17, 15) is 9.59 Å². The van der Waals surface area contributed by atoms with Crippen molar-refractivity contribution in [2.45, 2.75) is 56.0 Å². The molecule has 3 saturated heterocycles. The van der Waals surface area contributed by atoms with Crippen LogP contribution in [0.3, 0.4) is 0 Å². The number of thioether (sulfide) groups is 1. The molecule has 0 unspecified atom stereocenters. The number of unbranched alkanes of at least 4 members (excludes halogenated alkanes) is 1. The minimum atomic E-state index is -0.0247. The number of hydrogen-bond acceptors (Lipinski definition) is 4. The lowest BCUT2D eigenvalue weighted by molar-refractivity contribution is -0.132. The van der Waals surface area contributed by atoms with Crippen LogP contribution in [0.4, 0.5) is 4.79 Å². The Morgan fingerprint density at radius 2 is 2.23 bits per heavy atom. The summed E-state index contributed by atoms with van der Waals surface area (Å²) in [6.07, 6.45) is 3.75. The van der Waals surface area contributed by atoms with Crippen molar-refractivity contribution in [1.82, 2.24) is 20.9 Å². The van der Waals surface area contributed by atoms with Gasteiger partial charge < -0.3 is 20.9 Å². The molecule has 3 amide bonds. The number of urea groups is 1. The number of fused-ring (bicyclic) bond motifs is 1. The van der Waals surface area contributed by atoms with Crippen LogP contribution >= 0.6 is 11.8 Å². The molecule has 3 aliphatic rings. The highest BCUT2D eigenvalue weighted by Gasteiger charge is 2.42. The summed E-state index contributed by atoms with van der Waals surface area (Å²) in [5.74, 6) is 1.30. The summed E-state index contributed by atoms with van der Waals surface area (Å²) in [6.45, 7) is 4.69. The van der Waals surface area contributed by atoms with E-state index < -0.39 is 0 Å². The van der Waals surface area contributed by atoms with Crippen LogP contribution < -0.4 is 16.0 Å². The molecular weight excluding hydrogens is 300 g/mol. The van der Waals surface area contributed by atoms with Crippen LogP contribution in [-0.4, -0.2) is 65.6 Å². The van der Waals surface area contributed by atoms with Crippen molar-refractivity contribution in [3.8, 4) is 0 Å². The molecule has 0 bridgehead atoms. The summed E-state index contributed by atoms with van der Waals surface area (Å²) in [5, 5.41) is 9.84. The SMILES string of the molecule is C[C@@H]1CN(C(=O)CCCC[C@@H]2SC[C@@H]3NC(=O)N[C@@H]32)CCN1. The Labute approximate surface area is 136 Å². The van der Waals surface area contributed by atoms with Crippen LogP contribution in [0.15, 0.2) is 0 Å². The van der Waals surface area contributed by atoms with Gasteiger partial charge in [0.2, 0.25) is 5.91 Å². The molecule has 4 atom stereocenters. The molecule has 0 spiro atoms. The zero-order valence-electron chi connectivity index (χ0n) is 13.1. The minimum Gasteiger partial charge on any atom is -0.340 e. The van der Waals surface area contributed by atoms with Crippen LogP contribution in [0.25, 0.3) is 0 Å². The number of nitrogens with one attached hydrogen (secondary N) is 3. The normalized spacial score (nSPS) is 34.2. The summed E-state index contributed by atoms with van der Waals surface area (Å²) >= 11 is 1.94. The van der Waals surface area contributed by atoms with Crippen molar-refractivity contribution in [2.24, 2.45) is 0 Å². The van der Waals surface area contributed by atoms with Crippen molar-refractivity contribution in [3.63, 3.8) is 0 Å². The highest BCUT2D eigenvalue weighted by atomic mass is 32.2. The molecule has 3 N–H and O–H groups in total. The Balaban J connectivity index is 1.34. The van der Waals surface area contributed by atoms with Crippen molar-refractivity contribution < 1.29 is 9.59 Å². The maximum Gasteiger partial charge on any atom is 0.315 e. The maximum absolute atomic E-state index is 12.2. The topological polar surface area (TPSA) is 73.5 Å². The summed E-state index contributed by atoms with van der Waals surface area (Å²) in [6, 6.07) is 0.958. The minimum absolute atomic E-state index is 0.0247. The van der Waals surface area contributed by atoms with E-state index in [-0.39, 0.29) is 12.1 Å². The van der Waals surface area contributed by atoms with Crippen LogP contribution in [-0.2, 0) is 4.79 Å². The number of carbonyl (C=O) groups excluding carboxylic acids is 2. The van der Waals surface area contributed by atoms with Gasteiger partial charge in [-0.1, -0.05) is 6.42 Å². The third kappa shape index (κ3) is 3.68. The van der Waals surface area contributed by atoms with E-state index in [1.807, 2.05) is 16.7 Å². The van der Waals surface area contributed by atoms with Gasteiger partial charge >= 0.3 is 6.03 Å². The van der Waals surface area contributed by atoms with Gasteiger partial charge in [0.25, 0.3) is 0 Å². The zero-order chi connectivity index (χ0) is 15.5. The molecular formula is C15H26N4O2S. The first-order valence-corrected chi connectivity index (χ1v) is 9.38. The van der Waals surface area contributed by atoms with Crippen LogP contribution in [0.5, 0.6) is 0 Å². The van der Waals surface area contributed by atoms with E-state index in [4.69, 9.17) is 0 Å². The molecule has 3 heterocycles. The van der Waals surface area contributed by atoms with E-state index >= 15 is 0 Å². The molecule has 0 aromatic heterocycles. The lowest BCUT2D eigenvalue weighted by atomic mass is 10.0. The predicted octanol–water partition coefficient (Wildman–Crippen LogP) is 0.533. The number of hydrogen-bond donors (Lipinski definition) is 3. The smallest absolute Gasteiger partial charge is 0.315 e. The van der Waals surface area contributed by atoms with Gasteiger partial charge in [-0.15, -0.1) is 0 Å². The third-order valence-electron chi connectivity index (χ3n) is 4.79. The second kappa shape index (κ2) is 7.08. The number of rotatable bonds is 5. The number of piperazine rings is 1. The Hall–Kier alpha value is -0.950. The van der Waals surface area contributed by atoms with Gasteiger partial charge in [-0.3, -0.25) is 4.79 Å². The maximum atomic E-state index is 12.2. The molecule has 6 nitrogen and oxygen atoms in total. The second-order valence-corrected chi connectivity index (χ2v) is 7.83. The van der Waals surface area contributed by atoms with E-state index in [0.717, 1.165) is 44.6 Å². The van der Waals surface area contributed by atoms with Crippen molar-refractivity contribution in [3.05, 3.63) is 0 Å². The molecule has 0 saturated carbocycles. The van der Waals surface area contributed by atoms with Gasteiger partial charge in [-0.2, -0.15) is 11.8 Å². The second-order valence-electron chi connectivity index (χ2n) is 6.56. The first kappa shape index (κ1) is 15.9. The van der Waals surface area contributed by atoms with Crippen molar-refractivity contribution in [1.29, 1.82) is 0 Å². The number of carbonyl (C=O) groups is 2. The molecule has 0 radical (unpaired) electrons. The molecule has 0 aromatic carbocycles. The van der Waals surface area contributed by atoms with Crippen molar-refractivity contribution in [2.75, 3.05) is 25.4 Å². The molecule has 3 aliphatic heterocycles. The standard InChI is InChI=1S/C15H26N4O2S/c1-10-8-19(7-6-16-10)13(20)5-3-2-4-12-14-11(9-22-12)17-15(21)18-14/h10-12,14,16H,2-9H2,1H3,(H2,17,18,21)/t10-,11+,12+,14+/m1/s1. The number of nitrogens with zero attached hydrogens (tertiary/aromatic N) is 1. The Kier molecular flexibility index (Phi) is 5.13. The fourth-order valence-corrected chi connectivity index (χ4v) is 5.13. The lowest BCUT2D eigenvalue weighted by Crippen LogP contribution is -2.51. The molecule has 22 heavy (non-hydrogen) atoms. The average Bonchev–Trinajstić information content (AvgIpc) is 3.03. The van der Waals surface area contributed by atoms with Crippen molar-refractivity contribution >= 4 is 23.7 Å². The monoisotopic (exact) mass is 326 g/mol. The quantitative estimate of drug-likeness (QED) is 0.509. The molecule has 0 aliphatic carbocycles.